The second kappa shape index (κ2) is 6.38. The van der Waals surface area contributed by atoms with Crippen LogP contribution in [0, 0.1) is 0 Å². The van der Waals surface area contributed by atoms with E-state index in [0.717, 1.165) is 33.9 Å². The Morgan fingerprint density at radius 3 is 2.69 bits per heavy atom. The predicted molar refractivity (Wildman–Crippen MR) is 104 cm³/mol. The summed E-state index contributed by atoms with van der Waals surface area (Å²) in [5, 5.41) is 4.58. The molecule has 0 spiro atoms. The van der Waals surface area contributed by atoms with Crippen LogP contribution in [0.3, 0.4) is 0 Å². The van der Waals surface area contributed by atoms with Crippen LogP contribution in [0.5, 0.6) is 0 Å². The predicted octanol–water partition coefficient (Wildman–Crippen LogP) is 3.65. The number of nitrogens with one attached hydrogen (secondary N) is 1. The SMILES string of the molecule is C[C@@H](c1cccc(-c2nc3c([nH]2)c(-c2ccccn2)nn3C)c1)N(C)C. The van der Waals surface area contributed by atoms with Crippen molar-refractivity contribution < 1.29 is 0 Å². The first kappa shape index (κ1) is 16.5. The van der Waals surface area contributed by atoms with Gasteiger partial charge in [-0.15, -0.1) is 0 Å². The number of benzene rings is 1. The minimum absolute atomic E-state index is 0.338. The highest BCUT2D eigenvalue weighted by Gasteiger charge is 2.17. The van der Waals surface area contributed by atoms with Crippen molar-refractivity contribution in [3.8, 4) is 22.8 Å². The molecule has 0 radical (unpaired) electrons. The van der Waals surface area contributed by atoms with E-state index in [1.54, 1.807) is 10.9 Å². The maximum Gasteiger partial charge on any atom is 0.177 e. The van der Waals surface area contributed by atoms with Gasteiger partial charge in [-0.25, -0.2) is 9.67 Å². The third-order valence-electron chi connectivity index (χ3n) is 4.80. The van der Waals surface area contributed by atoms with Gasteiger partial charge in [-0.1, -0.05) is 24.3 Å². The molecule has 132 valence electrons. The van der Waals surface area contributed by atoms with Crippen LogP contribution in [0.2, 0.25) is 0 Å². The van der Waals surface area contributed by atoms with Gasteiger partial charge in [-0.05, 0) is 44.8 Å². The number of aromatic amines is 1. The number of aryl methyl sites for hydroxylation is 1. The van der Waals surface area contributed by atoms with Crippen molar-refractivity contribution in [3.05, 3.63) is 54.2 Å². The zero-order valence-electron chi connectivity index (χ0n) is 15.4. The van der Waals surface area contributed by atoms with Gasteiger partial charge in [-0.2, -0.15) is 5.10 Å². The maximum atomic E-state index is 4.78. The van der Waals surface area contributed by atoms with Crippen LogP contribution in [0.25, 0.3) is 33.9 Å². The molecule has 0 fully saturated rings. The smallest absolute Gasteiger partial charge is 0.177 e. The van der Waals surface area contributed by atoms with Gasteiger partial charge in [0.15, 0.2) is 5.65 Å². The summed E-state index contributed by atoms with van der Waals surface area (Å²) in [7, 11) is 6.08. The zero-order chi connectivity index (χ0) is 18.3. The molecule has 1 aromatic carbocycles. The van der Waals surface area contributed by atoms with E-state index in [2.05, 4.69) is 65.3 Å². The lowest BCUT2D eigenvalue weighted by Crippen LogP contribution is -2.16. The van der Waals surface area contributed by atoms with Gasteiger partial charge in [0.1, 0.15) is 17.0 Å². The molecule has 0 amide bonds. The van der Waals surface area contributed by atoms with Crippen molar-refractivity contribution in [3.63, 3.8) is 0 Å². The number of H-pyrrole nitrogens is 1. The molecule has 0 bridgehead atoms. The fourth-order valence-electron chi connectivity index (χ4n) is 3.07. The van der Waals surface area contributed by atoms with E-state index >= 15 is 0 Å². The normalized spacial score (nSPS) is 12.8. The van der Waals surface area contributed by atoms with Crippen molar-refractivity contribution >= 4 is 11.2 Å². The molecule has 26 heavy (non-hydrogen) atoms. The number of pyridine rings is 1. The minimum atomic E-state index is 0.338. The third-order valence-corrected chi connectivity index (χ3v) is 4.80. The molecule has 0 aliphatic carbocycles. The van der Waals surface area contributed by atoms with Gasteiger partial charge in [0.05, 0.1) is 5.69 Å². The van der Waals surface area contributed by atoms with Crippen molar-refractivity contribution in [1.82, 2.24) is 29.6 Å². The van der Waals surface area contributed by atoms with Crippen LogP contribution in [0.4, 0.5) is 0 Å². The Balaban J connectivity index is 1.81. The van der Waals surface area contributed by atoms with E-state index in [4.69, 9.17) is 4.98 Å². The van der Waals surface area contributed by atoms with E-state index in [-0.39, 0.29) is 0 Å². The molecule has 3 aromatic heterocycles. The van der Waals surface area contributed by atoms with Gasteiger partial charge in [0, 0.05) is 24.8 Å². The van der Waals surface area contributed by atoms with E-state index < -0.39 is 0 Å². The molecule has 0 saturated heterocycles. The topological polar surface area (TPSA) is 62.6 Å². The number of hydrogen-bond donors (Lipinski definition) is 1. The second-order valence-corrected chi connectivity index (χ2v) is 6.74. The summed E-state index contributed by atoms with van der Waals surface area (Å²) >= 11 is 0. The van der Waals surface area contributed by atoms with Crippen LogP contribution in [-0.4, -0.2) is 43.7 Å². The summed E-state index contributed by atoms with van der Waals surface area (Å²) < 4.78 is 1.80. The Morgan fingerprint density at radius 2 is 1.96 bits per heavy atom. The standard InChI is InChI=1S/C20H22N6/c1-13(25(2)3)14-8-7-9-15(12-14)19-22-18-17(16-10-5-6-11-21-16)24-26(4)20(18)23-19/h5-13H,1-4H3,(H,22,23)/t13-/m0/s1. The van der Waals surface area contributed by atoms with Crippen LogP contribution in [0.15, 0.2) is 48.7 Å². The van der Waals surface area contributed by atoms with Gasteiger partial charge < -0.3 is 9.88 Å². The average Bonchev–Trinajstić information content (AvgIpc) is 3.23. The van der Waals surface area contributed by atoms with Crippen LogP contribution < -0.4 is 0 Å². The molecule has 0 aliphatic heterocycles. The largest absolute Gasteiger partial charge is 0.335 e. The lowest BCUT2D eigenvalue weighted by atomic mass is 10.0. The third kappa shape index (κ3) is 2.78. The van der Waals surface area contributed by atoms with E-state index in [1.807, 2.05) is 25.2 Å². The van der Waals surface area contributed by atoms with E-state index in [0.29, 0.717) is 6.04 Å². The molecule has 4 rings (SSSR count). The summed E-state index contributed by atoms with van der Waals surface area (Å²) in [6.45, 7) is 2.20. The van der Waals surface area contributed by atoms with Crippen molar-refractivity contribution in [2.45, 2.75) is 13.0 Å². The lowest BCUT2D eigenvalue weighted by Gasteiger charge is -2.20. The molecule has 3 heterocycles. The molecule has 1 N–H and O–H groups in total. The first-order valence-corrected chi connectivity index (χ1v) is 8.65. The Labute approximate surface area is 152 Å². The zero-order valence-corrected chi connectivity index (χ0v) is 15.4. The average molecular weight is 346 g/mol. The van der Waals surface area contributed by atoms with Crippen molar-refractivity contribution in [2.75, 3.05) is 14.1 Å². The second-order valence-electron chi connectivity index (χ2n) is 6.74. The highest BCUT2D eigenvalue weighted by Crippen LogP contribution is 2.29. The molecule has 0 aliphatic rings. The van der Waals surface area contributed by atoms with Gasteiger partial charge in [-0.3, -0.25) is 4.98 Å². The summed E-state index contributed by atoms with van der Waals surface area (Å²) in [6, 6.07) is 14.7. The number of imidazole rings is 1. The number of hydrogen-bond acceptors (Lipinski definition) is 4. The maximum absolute atomic E-state index is 4.78. The Bertz CT molecular complexity index is 1040. The molecule has 6 nitrogen and oxygen atoms in total. The van der Waals surface area contributed by atoms with Crippen molar-refractivity contribution in [1.29, 1.82) is 0 Å². The lowest BCUT2D eigenvalue weighted by molar-refractivity contribution is 0.321. The molecule has 1 atom stereocenters. The minimum Gasteiger partial charge on any atom is -0.335 e. The fraction of sp³-hybridized carbons (Fsp3) is 0.250. The monoisotopic (exact) mass is 346 g/mol. The quantitative estimate of drug-likeness (QED) is 0.613. The number of aromatic nitrogens is 5. The van der Waals surface area contributed by atoms with Gasteiger partial charge in [0.25, 0.3) is 0 Å². The molecular formula is C20H22N6. The highest BCUT2D eigenvalue weighted by molar-refractivity contribution is 5.89. The Morgan fingerprint density at radius 1 is 1.12 bits per heavy atom. The summed E-state index contributed by atoms with van der Waals surface area (Å²) in [4.78, 5) is 14.8. The molecular weight excluding hydrogens is 324 g/mol. The van der Waals surface area contributed by atoms with Crippen molar-refractivity contribution in [2.24, 2.45) is 7.05 Å². The Kier molecular flexibility index (Phi) is 4.05. The van der Waals surface area contributed by atoms with E-state index in [1.165, 1.54) is 5.56 Å². The summed E-state index contributed by atoms with van der Waals surface area (Å²) in [5.74, 6) is 0.845. The first-order chi connectivity index (χ1) is 12.5. The molecule has 6 heteroatoms. The first-order valence-electron chi connectivity index (χ1n) is 8.65. The highest BCUT2D eigenvalue weighted by atomic mass is 15.3. The number of nitrogens with zero attached hydrogens (tertiary/aromatic N) is 5. The summed E-state index contributed by atoms with van der Waals surface area (Å²) in [6.07, 6.45) is 1.78. The van der Waals surface area contributed by atoms with Gasteiger partial charge >= 0.3 is 0 Å². The van der Waals surface area contributed by atoms with Crippen LogP contribution in [-0.2, 0) is 7.05 Å². The Hall–Kier alpha value is -2.99. The summed E-state index contributed by atoms with van der Waals surface area (Å²) in [5.41, 5.74) is 5.72. The van der Waals surface area contributed by atoms with E-state index in [9.17, 15) is 0 Å². The fourth-order valence-corrected chi connectivity index (χ4v) is 3.07. The molecule has 0 saturated carbocycles. The van der Waals surface area contributed by atoms with Gasteiger partial charge in [0.2, 0.25) is 0 Å². The molecule has 0 unspecified atom stereocenters. The number of rotatable bonds is 4. The molecule has 4 aromatic rings. The number of fused-ring (bicyclic) bond motifs is 1. The van der Waals surface area contributed by atoms with Crippen LogP contribution in [0.1, 0.15) is 18.5 Å². The van der Waals surface area contributed by atoms with Crippen LogP contribution >= 0.6 is 0 Å².